The molecule has 0 rings (SSSR count). The molecule has 0 aliphatic carbocycles. The summed E-state index contributed by atoms with van der Waals surface area (Å²) >= 11 is 0. The molecule has 0 atom stereocenters. The van der Waals surface area contributed by atoms with E-state index in [0.717, 1.165) is 56.3 Å². The van der Waals surface area contributed by atoms with Crippen LogP contribution in [0.5, 0.6) is 0 Å². The summed E-state index contributed by atoms with van der Waals surface area (Å²) in [6, 6.07) is 4.00. The summed E-state index contributed by atoms with van der Waals surface area (Å²) in [5.74, 6) is 0. The van der Waals surface area contributed by atoms with E-state index in [1.165, 1.54) is 0 Å². The van der Waals surface area contributed by atoms with E-state index in [9.17, 15) is 0 Å². The van der Waals surface area contributed by atoms with E-state index in [4.69, 9.17) is 33.7 Å². The van der Waals surface area contributed by atoms with Crippen molar-refractivity contribution in [1.82, 2.24) is 0 Å². The lowest BCUT2D eigenvalue weighted by Crippen LogP contribution is -2.66. The maximum Gasteiger partial charge on any atom is 0.636 e. The van der Waals surface area contributed by atoms with Crippen LogP contribution in [0.1, 0.15) is 39.0 Å². The minimum absolute atomic E-state index is 0.668. The minimum atomic E-state index is -3.41. The predicted molar refractivity (Wildman–Crippen MR) is 155 cm³/mol. The Bertz CT molecular complexity index is 447. The van der Waals surface area contributed by atoms with Crippen LogP contribution in [0.4, 0.5) is 0 Å². The minimum Gasteiger partial charge on any atom is -0.396 e. The van der Waals surface area contributed by atoms with Crippen LogP contribution >= 0.6 is 0 Å². The Morgan fingerprint density at radius 2 is 0.697 bits per heavy atom. The smallest absolute Gasteiger partial charge is 0.396 e. The highest BCUT2D eigenvalue weighted by Crippen LogP contribution is 2.34. The molecule has 0 aliphatic rings. The molecule has 12 heteroatoms. The topological polar surface area (TPSA) is 115 Å². The van der Waals surface area contributed by atoms with E-state index < -0.39 is 42.3 Å². The molecule has 6 N–H and O–H groups in total. The summed E-state index contributed by atoms with van der Waals surface area (Å²) in [5, 5.41) is 0. The fourth-order valence-electron chi connectivity index (χ4n) is 3.87. The van der Waals surface area contributed by atoms with Gasteiger partial charge in [-0.15, -0.1) is 0 Å². The van der Waals surface area contributed by atoms with E-state index in [0.29, 0.717) is 19.6 Å². The molecular weight excluding hydrogens is 499 g/mol. The largest absolute Gasteiger partial charge is 0.636 e. The fourth-order valence-corrected chi connectivity index (χ4v) is 24.0. The summed E-state index contributed by atoms with van der Waals surface area (Å²) in [6.45, 7) is 22.3. The second-order valence-electron chi connectivity index (χ2n) is 11.7. The molecule has 33 heavy (non-hydrogen) atoms. The van der Waals surface area contributed by atoms with Crippen molar-refractivity contribution in [2.45, 2.75) is 116 Å². The van der Waals surface area contributed by atoms with Crippen molar-refractivity contribution in [2.75, 3.05) is 19.6 Å². The number of unbranched alkanes of at least 4 members (excludes halogenated alkanes) is 1. The van der Waals surface area contributed by atoms with Gasteiger partial charge in [0.1, 0.15) is 0 Å². The molecule has 0 bridgehead atoms. The maximum atomic E-state index is 7.10. The van der Waals surface area contributed by atoms with Gasteiger partial charge in [-0.3, -0.25) is 0 Å². The lowest BCUT2D eigenvalue weighted by atomic mass is 10.4. The molecule has 0 amide bonds. The van der Waals surface area contributed by atoms with E-state index in [-0.39, 0.29) is 0 Å². The van der Waals surface area contributed by atoms with Crippen molar-refractivity contribution in [3.8, 4) is 0 Å². The van der Waals surface area contributed by atoms with Gasteiger partial charge in [0.25, 0.3) is 0 Å². The van der Waals surface area contributed by atoms with Gasteiger partial charge in [-0.1, -0.05) is 19.8 Å². The van der Waals surface area contributed by atoms with Gasteiger partial charge in [-0.05, 0) is 115 Å². The van der Waals surface area contributed by atoms with E-state index in [1.807, 2.05) is 0 Å². The van der Waals surface area contributed by atoms with E-state index >= 15 is 0 Å². The monoisotopic (exact) mass is 555 g/mol. The van der Waals surface area contributed by atoms with Crippen LogP contribution < -0.4 is 17.2 Å². The van der Waals surface area contributed by atoms with Gasteiger partial charge < -0.3 is 33.7 Å². The van der Waals surface area contributed by atoms with Crippen molar-refractivity contribution in [3.63, 3.8) is 0 Å². The predicted octanol–water partition coefficient (Wildman–Crippen LogP) is 5.16. The van der Waals surface area contributed by atoms with Crippen LogP contribution in [-0.4, -0.2) is 62.0 Å². The highest BCUT2D eigenvalue weighted by Gasteiger charge is 2.57. The highest BCUT2D eigenvalue weighted by molar-refractivity contribution is 6.92. The quantitative estimate of drug-likeness (QED) is 0.178. The van der Waals surface area contributed by atoms with Gasteiger partial charge in [-0.2, -0.15) is 0 Å². The molecule has 0 saturated heterocycles. The first-order valence-electron chi connectivity index (χ1n) is 13.0. The average Bonchev–Trinajstić information content (AvgIpc) is 2.66. The maximum absolute atomic E-state index is 7.10. The third-order valence-corrected chi connectivity index (χ3v) is 24.8. The van der Waals surface area contributed by atoms with Crippen LogP contribution in [0.15, 0.2) is 0 Å². The van der Waals surface area contributed by atoms with Gasteiger partial charge >= 0.3 is 9.05 Å². The SMILES string of the molecule is CCCC[Si](C)(C)O[Si](O[Si](C)(C)CCCN)(O[Si](C)(C)CCCN)O[Si](C)(C)CCCN. The molecule has 7 nitrogen and oxygen atoms in total. The molecule has 0 saturated carbocycles. The Labute approximate surface area is 210 Å². The second-order valence-corrected chi connectivity index (χ2v) is 32.1. The van der Waals surface area contributed by atoms with Crippen LogP contribution in [0.2, 0.25) is 76.6 Å². The fraction of sp³-hybridized carbons (Fsp3) is 1.00. The van der Waals surface area contributed by atoms with Crippen molar-refractivity contribution in [1.29, 1.82) is 0 Å². The summed E-state index contributed by atoms with van der Waals surface area (Å²) in [4.78, 5) is 0. The molecular formula is C21H57N3O4Si5. The van der Waals surface area contributed by atoms with Crippen molar-refractivity contribution < 1.29 is 16.5 Å². The Balaban J connectivity index is 6.34. The summed E-state index contributed by atoms with van der Waals surface area (Å²) in [5.41, 5.74) is 17.6. The number of nitrogens with two attached hydrogens (primary N) is 3. The Hall–Kier alpha value is 0.804. The molecule has 0 unspecified atom stereocenters. The Morgan fingerprint density at radius 1 is 0.455 bits per heavy atom. The van der Waals surface area contributed by atoms with Crippen LogP contribution in [-0.2, 0) is 16.5 Å². The van der Waals surface area contributed by atoms with Crippen molar-refractivity contribution in [3.05, 3.63) is 0 Å². The van der Waals surface area contributed by atoms with E-state index in [1.54, 1.807) is 0 Å². The number of hydrogen-bond acceptors (Lipinski definition) is 7. The lowest BCUT2D eigenvalue weighted by molar-refractivity contribution is 0.145. The molecule has 0 aromatic heterocycles. The summed E-state index contributed by atoms with van der Waals surface area (Å²) in [6.07, 6.45) is 5.15. The molecule has 200 valence electrons. The first-order valence-corrected chi connectivity index (χ1v) is 27.1. The lowest BCUT2D eigenvalue weighted by Gasteiger charge is -2.46. The third kappa shape index (κ3) is 15.5. The van der Waals surface area contributed by atoms with Crippen LogP contribution in [0.3, 0.4) is 0 Å². The second kappa shape index (κ2) is 15.1. The van der Waals surface area contributed by atoms with Gasteiger partial charge in [0.2, 0.25) is 0 Å². The van der Waals surface area contributed by atoms with Gasteiger partial charge in [0, 0.05) is 0 Å². The first kappa shape index (κ1) is 33.8. The molecule has 0 aromatic carbocycles. The summed E-state index contributed by atoms with van der Waals surface area (Å²) < 4.78 is 28.3. The van der Waals surface area contributed by atoms with Crippen LogP contribution in [0, 0.1) is 0 Å². The van der Waals surface area contributed by atoms with Gasteiger partial charge in [0.05, 0.1) is 0 Å². The summed E-state index contributed by atoms with van der Waals surface area (Å²) in [7, 11) is -11.9. The zero-order valence-electron chi connectivity index (χ0n) is 23.4. The first-order chi connectivity index (χ1) is 15.1. The molecule has 0 aliphatic heterocycles. The van der Waals surface area contributed by atoms with Gasteiger partial charge in [-0.25, -0.2) is 0 Å². The molecule has 0 aromatic rings. The third-order valence-electron chi connectivity index (χ3n) is 5.69. The molecule has 0 radical (unpaired) electrons. The van der Waals surface area contributed by atoms with Crippen LogP contribution in [0.25, 0.3) is 0 Å². The van der Waals surface area contributed by atoms with Crippen molar-refractivity contribution >= 4 is 42.3 Å². The van der Waals surface area contributed by atoms with Crippen molar-refractivity contribution in [2.24, 2.45) is 17.2 Å². The normalized spacial score (nSPS) is 14.2. The van der Waals surface area contributed by atoms with E-state index in [2.05, 4.69) is 59.3 Å². The standard InChI is InChI=1S/C21H57N3O4Si5/c1-10-11-18-29(2,3)25-33(26-30(4,5)19-12-15-22,27-31(6,7)20-13-16-23)28-32(8,9)21-14-17-24/h10-24H2,1-9H3. The van der Waals surface area contributed by atoms with Gasteiger partial charge in [0.15, 0.2) is 33.3 Å². The Morgan fingerprint density at radius 3 is 0.909 bits per heavy atom. The molecule has 0 heterocycles. The number of rotatable bonds is 20. The highest BCUT2D eigenvalue weighted by atomic mass is 28.5. The Kier molecular flexibility index (Phi) is 15.5. The number of hydrogen-bond donors (Lipinski definition) is 3. The average molecular weight is 556 g/mol. The molecule has 0 spiro atoms. The zero-order valence-corrected chi connectivity index (χ0v) is 28.4. The molecule has 0 fully saturated rings. The zero-order chi connectivity index (χ0) is 25.8.